The number of allylic oxidation sites excluding steroid dienone is 4. The van der Waals surface area contributed by atoms with Crippen LogP contribution in [-0.2, 0) is 14.3 Å². The molecule has 0 heterocycles. The lowest BCUT2D eigenvalue weighted by atomic mass is 9.47. The van der Waals surface area contributed by atoms with Crippen LogP contribution in [0.5, 0.6) is 0 Å². The van der Waals surface area contributed by atoms with Crippen molar-refractivity contribution >= 4 is 58.2 Å². The Kier molecular flexibility index (Phi) is 5.63. The molecule has 160 valence electrons. The molecule has 4 aliphatic rings. The van der Waals surface area contributed by atoms with E-state index in [-0.39, 0.29) is 28.6 Å². The summed E-state index contributed by atoms with van der Waals surface area (Å²) in [4.78, 5) is 22.2. The van der Waals surface area contributed by atoms with Crippen molar-refractivity contribution in [1.29, 1.82) is 0 Å². The van der Waals surface area contributed by atoms with E-state index in [1.165, 1.54) is 0 Å². The van der Waals surface area contributed by atoms with Crippen molar-refractivity contribution in [2.45, 2.75) is 73.6 Å². The van der Waals surface area contributed by atoms with Gasteiger partial charge in [0.05, 0.1) is 10.3 Å². The number of carbonyl (C=O) groups excluding carboxylic acids is 2. The second kappa shape index (κ2) is 7.43. The monoisotopic (exact) mass is 478 g/mol. The van der Waals surface area contributed by atoms with Gasteiger partial charge < -0.3 is 4.74 Å². The Morgan fingerprint density at radius 3 is 2.66 bits per heavy atom. The fourth-order valence-corrected chi connectivity index (χ4v) is 8.20. The van der Waals surface area contributed by atoms with E-state index in [0.29, 0.717) is 12.3 Å². The van der Waals surface area contributed by atoms with Crippen molar-refractivity contribution in [3.63, 3.8) is 0 Å². The van der Waals surface area contributed by atoms with Crippen LogP contribution in [0.2, 0.25) is 0 Å². The number of alkyl halides is 4. The standard InChI is InChI=1S/C22H26Cl4O3/c1-3-21-11-16(23)22(26)15(5-4-12-10-13(27)8-9-20(12,22)2)14(21)6-7-17(21)29-19(28)18(24)25/h8-10,14-18H,3-7,11H2,1-2H3/t14-,15-,16-,17+,20-,21-,22-/m0/s1. The molecule has 3 nitrogen and oxygen atoms in total. The molecular weight excluding hydrogens is 454 g/mol. The van der Waals surface area contributed by atoms with Gasteiger partial charge in [-0.2, -0.15) is 0 Å². The molecule has 4 aliphatic carbocycles. The zero-order chi connectivity index (χ0) is 21.2. The number of ketones is 1. The zero-order valence-corrected chi connectivity index (χ0v) is 19.6. The fraction of sp³-hybridized carbons (Fsp3) is 0.727. The summed E-state index contributed by atoms with van der Waals surface area (Å²) in [5, 5.41) is -0.320. The molecule has 3 saturated carbocycles. The molecule has 0 aromatic carbocycles. The van der Waals surface area contributed by atoms with Crippen molar-refractivity contribution in [3.05, 3.63) is 23.8 Å². The molecule has 0 radical (unpaired) electrons. The van der Waals surface area contributed by atoms with Gasteiger partial charge in [-0.1, -0.05) is 48.7 Å². The Morgan fingerprint density at radius 1 is 1.28 bits per heavy atom. The summed E-state index contributed by atoms with van der Waals surface area (Å²) in [5.74, 6) is -0.0982. The van der Waals surface area contributed by atoms with E-state index in [0.717, 1.165) is 37.7 Å². The van der Waals surface area contributed by atoms with E-state index in [4.69, 9.17) is 51.1 Å². The summed E-state index contributed by atoms with van der Waals surface area (Å²) in [7, 11) is 0. The summed E-state index contributed by atoms with van der Waals surface area (Å²) in [6.45, 7) is 4.26. The lowest BCUT2D eigenvalue weighted by molar-refractivity contribution is -0.158. The Bertz CT molecular complexity index is 793. The minimum atomic E-state index is -1.18. The molecule has 0 aromatic heterocycles. The van der Waals surface area contributed by atoms with Gasteiger partial charge in [0.1, 0.15) is 6.10 Å². The predicted molar refractivity (Wildman–Crippen MR) is 117 cm³/mol. The Labute approximate surface area is 192 Å². The third-order valence-corrected chi connectivity index (χ3v) is 10.2. The number of fused-ring (bicyclic) bond motifs is 5. The first kappa shape index (κ1) is 22.0. The number of ether oxygens (including phenoxy) is 1. The molecule has 4 rings (SSSR count). The number of esters is 1. The second-order valence-corrected chi connectivity index (χ2v) is 11.4. The molecule has 0 amide bonds. The molecule has 7 heteroatoms. The Hall–Kier alpha value is -0.220. The molecule has 3 fully saturated rings. The quantitative estimate of drug-likeness (QED) is 0.369. The molecule has 0 N–H and O–H groups in total. The normalized spacial score (nSPS) is 46.0. The zero-order valence-electron chi connectivity index (χ0n) is 16.6. The molecule has 0 aliphatic heterocycles. The fourth-order valence-electron chi connectivity index (χ4n) is 6.90. The highest BCUT2D eigenvalue weighted by Gasteiger charge is 2.70. The lowest BCUT2D eigenvalue weighted by Crippen LogP contribution is -2.65. The average molecular weight is 480 g/mol. The molecule has 0 saturated heterocycles. The van der Waals surface area contributed by atoms with Gasteiger partial charge in [0.15, 0.2) is 5.78 Å². The van der Waals surface area contributed by atoms with E-state index in [1.54, 1.807) is 12.2 Å². The predicted octanol–water partition coefficient (Wildman–Crippen LogP) is 5.98. The molecule has 0 aromatic rings. The van der Waals surface area contributed by atoms with Gasteiger partial charge in [0, 0.05) is 10.8 Å². The van der Waals surface area contributed by atoms with Crippen LogP contribution in [0.3, 0.4) is 0 Å². The number of halogens is 4. The van der Waals surface area contributed by atoms with Crippen molar-refractivity contribution < 1.29 is 14.3 Å². The van der Waals surface area contributed by atoms with Crippen molar-refractivity contribution in [3.8, 4) is 0 Å². The first-order chi connectivity index (χ1) is 13.6. The largest absolute Gasteiger partial charge is 0.460 e. The second-order valence-electron chi connectivity index (χ2n) is 9.19. The summed E-state index contributed by atoms with van der Waals surface area (Å²) >= 11 is 26.1. The number of carbonyl (C=O) groups is 2. The van der Waals surface area contributed by atoms with E-state index < -0.39 is 21.1 Å². The van der Waals surface area contributed by atoms with Gasteiger partial charge in [-0.05, 0) is 62.5 Å². The summed E-state index contributed by atoms with van der Waals surface area (Å²) in [6.07, 6.45) is 10.0. The molecule has 0 spiro atoms. The third-order valence-electron chi connectivity index (χ3n) is 8.34. The third kappa shape index (κ3) is 2.97. The SMILES string of the molecule is CC[C@]12C[C@H](Cl)[C@@]3(Cl)[C@@H](CCC4=CC(=O)C=C[C@@]43C)[C@@H]1CC[C@H]2OC(=O)C(Cl)Cl. The van der Waals surface area contributed by atoms with Gasteiger partial charge in [-0.15, -0.1) is 23.2 Å². The minimum Gasteiger partial charge on any atom is -0.460 e. The van der Waals surface area contributed by atoms with E-state index in [2.05, 4.69) is 13.8 Å². The topological polar surface area (TPSA) is 43.4 Å². The molecule has 0 bridgehead atoms. The lowest BCUT2D eigenvalue weighted by Gasteiger charge is -2.63. The first-order valence-electron chi connectivity index (χ1n) is 10.4. The van der Waals surface area contributed by atoms with Crippen molar-refractivity contribution in [1.82, 2.24) is 0 Å². The van der Waals surface area contributed by atoms with Crippen LogP contribution in [0.4, 0.5) is 0 Å². The van der Waals surface area contributed by atoms with E-state index in [9.17, 15) is 9.59 Å². The first-order valence-corrected chi connectivity index (χ1v) is 12.0. The van der Waals surface area contributed by atoms with Gasteiger partial charge in [-0.25, -0.2) is 4.79 Å². The van der Waals surface area contributed by atoms with Gasteiger partial charge >= 0.3 is 5.97 Å². The Balaban J connectivity index is 1.73. The number of hydrogen-bond donors (Lipinski definition) is 0. The maximum absolute atomic E-state index is 12.1. The number of hydrogen-bond acceptors (Lipinski definition) is 3. The van der Waals surface area contributed by atoms with Crippen molar-refractivity contribution in [2.75, 3.05) is 0 Å². The van der Waals surface area contributed by atoms with Gasteiger partial charge in [-0.3, -0.25) is 4.79 Å². The van der Waals surface area contributed by atoms with Crippen LogP contribution in [0, 0.1) is 22.7 Å². The maximum Gasteiger partial charge on any atom is 0.339 e. The van der Waals surface area contributed by atoms with Crippen LogP contribution < -0.4 is 0 Å². The summed E-state index contributed by atoms with van der Waals surface area (Å²) < 4.78 is 5.77. The molecule has 7 atom stereocenters. The minimum absolute atomic E-state index is 0.0191. The van der Waals surface area contributed by atoms with Crippen LogP contribution in [-0.4, -0.2) is 32.9 Å². The average Bonchev–Trinajstić information content (AvgIpc) is 3.02. The van der Waals surface area contributed by atoms with Crippen LogP contribution >= 0.6 is 46.4 Å². The van der Waals surface area contributed by atoms with E-state index >= 15 is 0 Å². The summed E-state index contributed by atoms with van der Waals surface area (Å²) in [5.41, 5.74) is 0.405. The highest BCUT2D eigenvalue weighted by Crippen LogP contribution is 2.70. The van der Waals surface area contributed by atoms with Gasteiger partial charge in [0.25, 0.3) is 0 Å². The Morgan fingerprint density at radius 2 is 2.00 bits per heavy atom. The number of rotatable bonds is 3. The highest BCUT2D eigenvalue weighted by atomic mass is 35.5. The summed E-state index contributed by atoms with van der Waals surface area (Å²) in [6, 6.07) is 0. The van der Waals surface area contributed by atoms with Crippen molar-refractivity contribution in [2.24, 2.45) is 22.7 Å². The molecule has 29 heavy (non-hydrogen) atoms. The van der Waals surface area contributed by atoms with Crippen LogP contribution in [0.1, 0.15) is 52.4 Å². The van der Waals surface area contributed by atoms with Gasteiger partial charge in [0.2, 0.25) is 4.84 Å². The molecular formula is C22H26Cl4O3. The molecule has 0 unspecified atom stereocenters. The van der Waals surface area contributed by atoms with E-state index in [1.807, 2.05) is 6.08 Å². The van der Waals surface area contributed by atoms with Crippen LogP contribution in [0.25, 0.3) is 0 Å². The smallest absolute Gasteiger partial charge is 0.339 e. The highest BCUT2D eigenvalue weighted by molar-refractivity contribution is 6.52. The maximum atomic E-state index is 12.1. The van der Waals surface area contributed by atoms with Crippen LogP contribution in [0.15, 0.2) is 23.8 Å².